The second kappa shape index (κ2) is 5.95. The highest BCUT2D eigenvalue weighted by Gasteiger charge is 2.70. The van der Waals surface area contributed by atoms with Gasteiger partial charge in [0.25, 0.3) is 0 Å². The SMILES string of the molecule is Cc1ccc(S(=O)(=O)[C@@H]2[C@@H](c3cccc(F)c3)[C@]2(CN)CO)cc1. The lowest BCUT2D eigenvalue weighted by molar-refractivity contribution is 0.212. The van der Waals surface area contributed by atoms with Crippen LogP contribution in [0.3, 0.4) is 0 Å². The Morgan fingerprint density at radius 2 is 1.88 bits per heavy atom. The summed E-state index contributed by atoms with van der Waals surface area (Å²) in [6.07, 6.45) is 0. The highest BCUT2D eigenvalue weighted by atomic mass is 32.2. The van der Waals surface area contributed by atoms with Crippen molar-refractivity contribution in [2.75, 3.05) is 13.2 Å². The summed E-state index contributed by atoms with van der Waals surface area (Å²) in [5, 5.41) is 8.99. The molecule has 1 aliphatic rings. The van der Waals surface area contributed by atoms with Crippen LogP contribution in [0.1, 0.15) is 17.0 Å². The molecule has 1 aliphatic carbocycles. The van der Waals surface area contributed by atoms with E-state index in [1.54, 1.807) is 30.3 Å². The zero-order chi connectivity index (χ0) is 17.5. The molecule has 3 rings (SSSR count). The molecule has 0 amide bonds. The molecule has 0 heterocycles. The molecule has 0 radical (unpaired) electrons. The summed E-state index contributed by atoms with van der Waals surface area (Å²) in [5.74, 6) is -0.954. The molecule has 0 bridgehead atoms. The lowest BCUT2D eigenvalue weighted by atomic mass is 10.00. The first-order valence-electron chi connectivity index (χ1n) is 7.74. The molecule has 0 aliphatic heterocycles. The van der Waals surface area contributed by atoms with E-state index in [0.717, 1.165) is 5.56 Å². The van der Waals surface area contributed by atoms with E-state index in [4.69, 9.17) is 5.73 Å². The Morgan fingerprint density at radius 3 is 2.42 bits per heavy atom. The van der Waals surface area contributed by atoms with Crippen molar-refractivity contribution in [1.29, 1.82) is 0 Å². The average molecular weight is 349 g/mol. The van der Waals surface area contributed by atoms with Crippen LogP contribution >= 0.6 is 0 Å². The number of rotatable bonds is 5. The van der Waals surface area contributed by atoms with Crippen LogP contribution in [0, 0.1) is 18.2 Å². The monoisotopic (exact) mass is 349 g/mol. The molecule has 24 heavy (non-hydrogen) atoms. The van der Waals surface area contributed by atoms with Gasteiger partial charge >= 0.3 is 0 Å². The second-order valence-corrected chi connectivity index (χ2v) is 8.48. The predicted octanol–water partition coefficient (Wildman–Crippen LogP) is 2.01. The molecule has 6 heteroatoms. The van der Waals surface area contributed by atoms with Gasteiger partial charge in [-0.05, 0) is 36.8 Å². The zero-order valence-electron chi connectivity index (χ0n) is 13.3. The van der Waals surface area contributed by atoms with Crippen LogP contribution in [0.4, 0.5) is 4.39 Å². The number of benzene rings is 2. The van der Waals surface area contributed by atoms with E-state index in [2.05, 4.69) is 0 Å². The quantitative estimate of drug-likeness (QED) is 0.865. The second-order valence-electron chi connectivity index (χ2n) is 6.41. The molecule has 128 valence electrons. The molecule has 2 aromatic rings. The van der Waals surface area contributed by atoms with Crippen LogP contribution in [0.5, 0.6) is 0 Å². The first-order valence-corrected chi connectivity index (χ1v) is 9.28. The molecule has 1 fully saturated rings. The number of hydrogen-bond donors (Lipinski definition) is 2. The van der Waals surface area contributed by atoms with E-state index >= 15 is 0 Å². The number of halogens is 1. The van der Waals surface area contributed by atoms with Crippen LogP contribution in [-0.2, 0) is 9.84 Å². The molecule has 0 saturated heterocycles. The van der Waals surface area contributed by atoms with E-state index in [0.29, 0.717) is 5.56 Å². The number of sulfone groups is 1. The van der Waals surface area contributed by atoms with Gasteiger partial charge in [-0.25, -0.2) is 12.8 Å². The summed E-state index contributed by atoms with van der Waals surface area (Å²) < 4.78 is 39.7. The van der Waals surface area contributed by atoms with Gasteiger partial charge in [0.2, 0.25) is 0 Å². The summed E-state index contributed by atoms with van der Waals surface area (Å²) in [6.45, 7) is 1.53. The van der Waals surface area contributed by atoms with Crippen molar-refractivity contribution in [3.05, 3.63) is 65.5 Å². The van der Waals surface area contributed by atoms with Gasteiger partial charge in [-0.1, -0.05) is 29.8 Å². The number of nitrogens with two attached hydrogens (primary N) is 1. The summed E-state index contributed by atoms with van der Waals surface area (Å²) in [6, 6.07) is 12.4. The predicted molar refractivity (Wildman–Crippen MR) is 89.9 cm³/mol. The molecule has 0 spiro atoms. The third kappa shape index (κ3) is 2.55. The molecular weight excluding hydrogens is 329 g/mol. The van der Waals surface area contributed by atoms with Crippen LogP contribution in [0.25, 0.3) is 0 Å². The minimum absolute atomic E-state index is 0.0143. The number of aliphatic hydroxyl groups excluding tert-OH is 1. The maximum absolute atomic E-state index is 13.6. The van der Waals surface area contributed by atoms with Crippen LogP contribution in [0.2, 0.25) is 0 Å². The van der Waals surface area contributed by atoms with Crippen molar-refractivity contribution in [2.45, 2.75) is 23.0 Å². The van der Waals surface area contributed by atoms with Gasteiger partial charge in [-0.3, -0.25) is 0 Å². The van der Waals surface area contributed by atoms with Crippen molar-refractivity contribution < 1.29 is 17.9 Å². The van der Waals surface area contributed by atoms with E-state index in [9.17, 15) is 17.9 Å². The summed E-state index contributed by atoms with van der Waals surface area (Å²) in [7, 11) is -3.69. The van der Waals surface area contributed by atoms with E-state index in [-0.39, 0.29) is 18.0 Å². The van der Waals surface area contributed by atoms with Crippen LogP contribution in [-0.4, -0.2) is 31.9 Å². The topological polar surface area (TPSA) is 80.4 Å². The van der Waals surface area contributed by atoms with Gasteiger partial charge in [-0.2, -0.15) is 0 Å². The van der Waals surface area contributed by atoms with Crippen molar-refractivity contribution >= 4 is 9.84 Å². The largest absolute Gasteiger partial charge is 0.396 e. The summed E-state index contributed by atoms with van der Waals surface area (Å²) >= 11 is 0. The molecule has 3 atom stereocenters. The van der Waals surface area contributed by atoms with Gasteiger partial charge in [0, 0.05) is 17.9 Å². The summed E-state index contributed by atoms with van der Waals surface area (Å²) in [4.78, 5) is 0.197. The number of aliphatic hydroxyl groups is 1. The van der Waals surface area contributed by atoms with Gasteiger partial charge < -0.3 is 10.8 Å². The zero-order valence-corrected chi connectivity index (χ0v) is 14.1. The highest BCUT2D eigenvalue weighted by molar-refractivity contribution is 7.92. The maximum Gasteiger partial charge on any atom is 0.182 e. The molecule has 1 saturated carbocycles. The van der Waals surface area contributed by atoms with Crippen LogP contribution < -0.4 is 5.73 Å². The fourth-order valence-electron chi connectivity index (χ4n) is 3.52. The average Bonchev–Trinajstić information content (AvgIpc) is 3.26. The Labute approximate surface area is 141 Å². The van der Waals surface area contributed by atoms with Gasteiger partial charge in [0.05, 0.1) is 16.8 Å². The Morgan fingerprint density at radius 1 is 1.21 bits per heavy atom. The van der Waals surface area contributed by atoms with Gasteiger partial charge in [0.15, 0.2) is 9.84 Å². The molecule has 0 unspecified atom stereocenters. The third-order valence-electron chi connectivity index (χ3n) is 4.95. The fraction of sp³-hybridized carbons (Fsp3) is 0.333. The fourth-order valence-corrected chi connectivity index (χ4v) is 5.97. The van der Waals surface area contributed by atoms with Gasteiger partial charge in [0.1, 0.15) is 5.82 Å². The molecule has 4 nitrogen and oxygen atoms in total. The third-order valence-corrected chi connectivity index (χ3v) is 7.29. The molecule has 3 N–H and O–H groups in total. The smallest absolute Gasteiger partial charge is 0.182 e. The minimum Gasteiger partial charge on any atom is -0.396 e. The van der Waals surface area contributed by atoms with E-state index in [1.807, 2.05) is 6.92 Å². The Balaban J connectivity index is 2.06. The lowest BCUT2D eigenvalue weighted by Crippen LogP contribution is -2.27. The lowest BCUT2D eigenvalue weighted by Gasteiger charge is -2.12. The molecular formula is C18H20FNO3S. The van der Waals surface area contributed by atoms with Crippen molar-refractivity contribution in [3.63, 3.8) is 0 Å². The molecule has 0 aromatic heterocycles. The maximum atomic E-state index is 13.6. The van der Waals surface area contributed by atoms with Crippen molar-refractivity contribution in [1.82, 2.24) is 0 Å². The normalized spacial score (nSPS) is 26.3. The number of hydrogen-bond acceptors (Lipinski definition) is 4. The Hall–Kier alpha value is -1.76. The number of aryl methyl sites for hydroxylation is 1. The molecule has 2 aromatic carbocycles. The standard InChI is InChI=1S/C18H20FNO3S/c1-12-5-7-15(8-6-12)24(22,23)17-16(18(17,10-20)11-21)13-3-2-4-14(19)9-13/h2-9,16-17,21H,10-11,20H2,1H3/t16-,17-,18+/m1/s1. The Bertz CT molecular complexity index is 845. The highest BCUT2D eigenvalue weighted by Crippen LogP contribution is 2.63. The first kappa shape index (κ1) is 17.1. The van der Waals surface area contributed by atoms with Crippen molar-refractivity contribution in [3.8, 4) is 0 Å². The Kier molecular flexibility index (Phi) is 4.23. The van der Waals surface area contributed by atoms with Crippen molar-refractivity contribution in [2.24, 2.45) is 11.1 Å². The minimum atomic E-state index is -3.69. The van der Waals surface area contributed by atoms with Gasteiger partial charge in [-0.15, -0.1) is 0 Å². The van der Waals surface area contributed by atoms with E-state index in [1.165, 1.54) is 18.2 Å². The van der Waals surface area contributed by atoms with E-state index < -0.39 is 32.2 Å². The first-order chi connectivity index (χ1) is 11.4. The summed E-state index contributed by atoms with van der Waals surface area (Å²) in [5.41, 5.74) is 6.35. The van der Waals surface area contributed by atoms with Crippen LogP contribution in [0.15, 0.2) is 53.4 Å².